The number of carbonyl (C=O) groups excluding carboxylic acids is 2. The van der Waals surface area contributed by atoms with Gasteiger partial charge in [0.2, 0.25) is 10.9 Å². The molecule has 1 aromatic heterocycles. The number of piperidine rings is 1. The van der Waals surface area contributed by atoms with Gasteiger partial charge in [-0.05, 0) is 45.4 Å². The van der Waals surface area contributed by atoms with E-state index in [4.69, 9.17) is 0 Å². The van der Waals surface area contributed by atoms with Crippen molar-refractivity contribution in [1.29, 1.82) is 0 Å². The third kappa shape index (κ3) is 6.61. The predicted octanol–water partition coefficient (Wildman–Crippen LogP) is 3.02. The minimum atomic E-state index is -0.280. The molecule has 2 heterocycles. The molecule has 2 amide bonds. The molecule has 1 saturated heterocycles. The van der Waals surface area contributed by atoms with E-state index in [2.05, 4.69) is 32.7 Å². The molecule has 1 atom stereocenters. The number of aryl methyl sites for hydroxylation is 2. The van der Waals surface area contributed by atoms with Crippen LogP contribution in [-0.2, 0) is 11.2 Å². The van der Waals surface area contributed by atoms with Gasteiger partial charge in [0.15, 0.2) is 0 Å². The number of anilines is 1. The van der Waals surface area contributed by atoms with E-state index in [0.29, 0.717) is 35.4 Å². The maximum absolute atomic E-state index is 12.3. The van der Waals surface area contributed by atoms with Gasteiger partial charge in [-0.3, -0.25) is 14.5 Å². The molecule has 0 saturated carbocycles. The van der Waals surface area contributed by atoms with Gasteiger partial charge in [-0.1, -0.05) is 35.5 Å². The van der Waals surface area contributed by atoms with Gasteiger partial charge in [-0.25, -0.2) is 0 Å². The molecule has 0 radical (unpaired) electrons. The zero-order valence-electron chi connectivity index (χ0n) is 17.1. The summed E-state index contributed by atoms with van der Waals surface area (Å²) >= 11 is 1.23. The second-order valence-electron chi connectivity index (χ2n) is 7.55. The van der Waals surface area contributed by atoms with E-state index in [1.165, 1.54) is 30.6 Å². The molecule has 1 aliphatic heterocycles. The van der Waals surface area contributed by atoms with E-state index in [0.717, 1.165) is 24.3 Å². The van der Waals surface area contributed by atoms with E-state index in [9.17, 15) is 9.59 Å². The fraction of sp³-hybridized carbons (Fsp3) is 0.524. The monoisotopic (exact) mass is 415 g/mol. The Morgan fingerprint density at radius 2 is 2.00 bits per heavy atom. The molecule has 156 valence electrons. The molecule has 0 spiro atoms. The van der Waals surface area contributed by atoms with E-state index in [1.54, 1.807) is 0 Å². The topological polar surface area (TPSA) is 87.2 Å². The van der Waals surface area contributed by atoms with E-state index >= 15 is 0 Å². The number of likely N-dealkylation sites (tertiary alicyclic amines) is 1. The average Bonchev–Trinajstić information content (AvgIpc) is 3.19. The summed E-state index contributed by atoms with van der Waals surface area (Å²) in [6.07, 6.45) is 4.63. The molecule has 29 heavy (non-hydrogen) atoms. The summed E-state index contributed by atoms with van der Waals surface area (Å²) in [5.74, 6) is -0.270. The Balaban J connectivity index is 1.38. The van der Waals surface area contributed by atoms with Crippen molar-refractivity contribution in [3.05, 3.63) is 39.8 Å². The molecule has 1 fully saturated rings. The molecular formula is C21H29N5O2S. The maximum atomic E-state index is 12.3. The van der Waals surface area contributed by atoms with Crippen molar-refractivity contribution in [2.75, 3.05) is 25.0 Å². The third-order valence-corrected chi connectivity index (χ3v) is 6.18. The van der Waals surface area contributed by atoms with Crippen molar-refractivity contribution in [2.45, 2.75) is 52.0 Å². The van der Waals surface area contributed by atoms with Crippen LogP contribution in [-0.4, -0.2) is 52.6 Å². The molecule has 8 heteroatoms. The van der Waals surface area contributed by atoms with Crippen LogP contribution in [0.4, 0.5) is 5.69 Å². The second-order valence-corrected chi connectivity index (χ2v) is 8.61. The van der Waals surface area contributed by atoms with Gasteiger partial charge in [-0.15, -0.1) is 10.2 Å². The Morgan fingerprint density at radius 3 is 2.76 bits per heavy atom. The quantitative estimate of drug-likeness (QED) is 0.692. The van der Waals surface area contributed by atoms with Crippen LogP contribution in [0.2, 0.25) is 0 Å². The lowest BCUT2D eigenvalue weighted by Crippen LogP contribution is -2.42. The number of amides is 2. The van der Waals surface area contributed by atoms with Crippen LogP contribution >= 0.6 is 11.3 Å². The highest BCUT2D eigenvalue weighted by atomic mass is 32.1. The number of nitrogens with zero attached hydrogens (tertiary/aromatic N) is 3. The summed E-state index contributed by atoms with van der Waals surface area (Å²) in [4.78, 5) is 26.8. The smallest absolute Gasteiger partial charge is 0.286 e. The Kier molecular flexibility index (Phi) is 7.71. The molecule has 1 aromatic carbocycles. The number of carbonyl (C=O) groups is 2. The SMILES string of the molecule is Cc1ccc(NC(=O)c2nnc(CCC(=O)NCCN3CCCC[C@@H]3C)s2)cc1. The first-order valence-electron chi connectivity index (χ1n) is 10.2. The van der Waals surface area contributed by atoms with E-state index in [1.807, 2.05) is 31.2 Å². The van der Waals surface area contributed by atoms with Crippen molar-refractivity contribution in [3.63, 3.8) is 0 Å². The number of hydrogen-bond donors (Lipinski definition) is 2. The molecule has 2 N–H and O–H groups in total. The summed E-state index contributed by atoms with van der Waals surface area (Å²) in [6, 6.07) is 8.18. The molecule has 7 nitrogen and oxygen atoms in total. The van der Waals surface area contributed by atoms with Crippen LogP contribution in [0, 0.1) is 6.92 Å². The Hall–Kier alpha value is -2.32. The summed E-state index contributed by atoms with van der Waals surface area (Å²) in [5.41, 5.74) is 1.85. The standard InChI is InChI=1S/C21H29N5O2S/c1-15-6-8-17(9-7-15)23-20(28)21-25-24-19(29-21)11-10-18(27)22-12-14-26-13-4-3-5-16(26)2/h6-9,16H,3-5,10-14H2,1-2H3,(H,22,27)(H,23,28)/t16-/m0/s1. The van der Waals surface area contributed by atoms with Crippen LogP contribution < -0.4 is 10.6 Å². The van der Waals surface area contributed by atoms with Gasteiger partial charge in [0, 0.05) is 37.7 Å². The van der Waals surface area contributed by atoms with Crippen LogP contribution in [0.1, 0.15) is 53.0 Å². The molecule has 3 rings (SSSR count). The zero-order valence-corrected chi connectivity index (χ0v) is 17.9. The Morgan fingerprint density at radius 1 is 1.21 bits per heavy atom. The highest BCUT2D eigenvalue weighted by Crippen LogP contribution is 2.16. The first-order valence-corrected chi connectivity index (χ1v) is 11.0. The lowest BCUT2D eigenvalue weighted by Gasteiger charge is -2.33. The number of hydrogen-bond acceptors (Lipinski definition) is 6. The third-order valence-electron chi connectivity index (χ3n) is 5.20. The normalized spacial score (nSPS) is 17.1. The van der Waals surface area contributed by atoms with Gasteiger partial charge in [0.25, 0.3) is 5.91 Å². The highest BCUT2D eigenvalue weighted by Gasteiger charge is 2.18. The first kappa shape index (κ1) is 21.4. The largest absolute Gasteiger partial charge is 0.355 e. The van der Waals surface area contributed by atoms with Crippen LogP contribution in [0.3, 0.4) is 0 Å². The zero-order chi connectivity index (χ0) is 20.6. The van der Waals surface area contributed by atoms with E-state index < -0.39 is 0 Å². The number of benzene rings is 1. The van der Waals surface area contributed by atoms with Crippen LogP contribution in [0.5, 0.6) is 0 Å². The minimum Gasteiger partial charge on any atom is -0.355 e. The van der Waals surface area contributed by atoms with E-state index in [-0.39, 0.29) is 11.8 Å². The van der Waals surface area contributed by atoms with Gasteiger partial charge >= 0.3 is 0 Å². The van der Waals surface area contributed by atoms with Gasteiger partial charge in [0.05, 0.1) is 0 Å². The average molecular weight is 416 g/mol. The fourth-order valence-corrected chi connectivity index (χ4v) is 4.14. The summed E-state index contributed by atoms with van der Waals surface area (Å²) < 4.78 is 0. The fourth-order valence-electron chi connectivity index (χ4n) is 3.41. The van der Waals surface area contributed by atoms with Gasteiger partial charge in [0.1, 0.15) is 5.01 Å². The number of rotatable bonds is 8. The lowest BCUT2D eigenvalue weighted by molar-refractivity contribution is -0.121. The van der Waals surface area contributed by atoms with Crippen molar-refractivity contribution in [1.82, 2.24) is 20.4 Å². The number of aromatic nitrogens is 2. The molecule has 0 unspecified atom stereocenters. The van der Waals surface area contributed by atoms with Crippen molar-refractivity contribution in [3.8, 4) is 0 Å². The predicted molar refractivity (Wildman–Crippen MR) is 115 cm³/mol. The molecule has 0 aliphatic carbocycles. The Labute approximate surface area is 175 Å². The van der Waals surface area contributed by atoms with Crippen molar-refractivity contribution < 1.29 is 9.59 Å². The summed E-state index contributed by atoms with van der Waals surface area (Å²) in [6.45, 7) is 6.93. The van der Waals surface area contributed by atoms with Crippen molar-refractivity contribution in [2.24, 2.45) is 0 Å². The molecule has 0 bridgehead atoms. The van der Waals surface area contributed by atoms with Gasteiger partial charge in [-0.2, -0.15) is 0 Å². The van der Waals surface area contributed by atoms with Crippen LogP contribution in [0.15, 0.2) is 24.3 Å². The highest BCUT2D eigenvalue weighted by molar-refractivity contribution is 7.13. The summed E-state index contributed by atoms with van der Waals surface area (Å²) in [7, 11) is 0. The minimum absolute atomic E-state index is 0.00974. The first-order chi connectivity index (χ1) is 14.0. The Bertz CT molecular complexity index is 821. The number of nitrogens with one attached hydrogen (secondary N) is 2. The molecular weight excluding hydrogens is 386 g/mol. The van der Waals surface area contributed by atoms with Gasteiger partial charge < -0.3 is 10.6 Å². The van der Waals surface area contributed by atoms with Crippen LogP contribution in [0.25, 0.3) is 0 Å². The van der Waals surface area contributed by atoms with Crippen molar-refractivity contribution >= 4 is 28.8 Å². The lowest BCUT2D eigenvalue weighted by atomic mass is 10.0. The maximum Gasteiger partial charge on any atom is 0.286 e. The second kappa shape index (κ2) is 10.5. The molecule has 2 aromatic rings. The molecule has 1 aliphatic rings. The summed E-state index contributed by atoms with van der Waals surface area (Å²) in [5, 5.41) is 14.8.